The van der Waals surface area contributed by atoms with Crippen LogP contribution in [0.5, 0.6) is 11.5 Å². The lowest BCUT2D eigenvalue weighted by molar-refractivity contribution is -0.121. The molecule has 2 aromatic rings. The third kappa shape index (κ3) is 5.68. The van der Waals surface area contributed by atoms with Gasteiger partial charge in [-0.1, -0.05) is 6.07 Å². The predicted octanol–water partition coefficient (Wildman–Crippen LogP) is 2.85. The highest BCUT2D eigenvalue weighted by molar-refractivity contribution is 6.20. The summed E-state index contributed by atoms with van der Waals surface area (Å²) >= 11 is 0. The van der Waals surface area contributed by atoms with Gasteiger partial charge in [0, 0.05) is 37.2 Å². The van der Waals surface area contributed by atoms with Gasteiger partial charge in [0.05, 0.1) is 25.4 Å². The highest BCUT2D eigenvalue weighted by Gasteiger charge is 2.30. The number of nitrogens with zero attached hydrogens (tertiary/aromatic N) is 2. The normalized spacial score (nSPS) is 13.1. The molecule has 9 nitrogen and oxygen atoms in total. The topological polar surface area (TPSA) is 105 Å². The van der Waals surface area contributed by atoms with Crippen molar-refractivity contribution in [2.24, 2.45) is 0 Å². The molecule has 0 radical (unpaired) electrons. The van der Waals surface area contributed by atoms with E-state index in [1.54, 1.807) is 36.4 Å². The molecule has 0 saturated carbocycles. The average Bonchev–Trinajstić information content (AvgIpc) is 3.13. The molecule has 0 aromatic heterocycles. The molecule has 9 heteroatoms. The van der Waals surface area contributed by atoms with Crippen LogP contribution in [0.15, 0.2) is 42.5 Å². The Hall–Kier alpha value is -3.88. The first-order valence-electron chi connectivity index (χ1n) is 10.7. The lowest BCUT2D eigenvalue weighted by atomic mass is 10.1. The number of rotatable bonds is 9. The van der Waals surface area contributed by atoms with Gasteiger partial charge in [0.2, 0.25) is 17.7 Å². The lowest BCUT2D eigenvalue weighted by Crippen LogP contribution is -2.35. The summed E-state index contributed by atoms with van der Waals surface area (Å²) in [4.78, 5) is 51.7. The Morgan fingerprint density at radius 1 is 0.970 bits per heavy atom. The zero-order valence-electron chi connectivity index (χ0n) is 18.9. The van der Waals surface area contributed by atoms with Crippen LogP contribution in [-0.4, -0.2) is 55.3 Å². The summed E-state index contributed by atoms with van der Waals surface area (Å²) in [5, 5.41) is 2.75. The van der Waals surface area contributed by atoms with Crippen molar-refractivity contribution >= 4 is 35.0 Å². The van der Waals surface area contributed by atoms with Crippen molar-refractivity contribution in [2.75, 3.05) is 37.0 Å². The highest BCUT2D eigenvalue weighted by Crippen LogP contribution is 2.30. The Morgan fingerprint density at radius 2 is 1.64 bits per heavy atom. The first-order chi connectivity index (χ1) is 15.8. The maximum absolute atomic E-state index is 12.8. The third-order valence-electron chi connectivity index (χ3n) is 4.96. The Kier molecular flexibility index (Phi) is 7.66. The quantitative estimate of drug-likeness (QED) is 0.586. The molecule has 1 aliphatic heterocycles. The van der Waals surface area contributed by atoms with Gasteiger partial charge in [-0.3, -0.25) is 24.1 Å². The van der Waals surface area contributed by atoms with E-state index in [4.69, 9.17) is 9.47 Å². The van der Waals surface area contributed by atoms with Crippen molar-refractivity contribution < 1.29 is 28.7 Å². The molecule has 174 valence electrons. The standard InChI is InChI=1S/C24H27N3O6/c1-4-32-19-10-9-17(14-20(19)33-5-2)25-21(28)15-26(3)24(31)16-7-6-8-18(13-16)27-22(29)11-12-23(27)30/h6-10,13-14H,4-5,11-12,15H2,1-3H3,(H,25,28). The second-order valence-electron chi connectivity index (χ2n) is 7.41. The van der Waals surface area contributed by atoms with Gasteiger partial charge in [-0.25, -0.2) is 0 Å². The van der Waals surface area contributed by atoms with Crippen molar-refractivity contribution in [1.29, 1.82) is 0 Å². The summed E-state index contributed by atoms with van der Waals surface area (Å²) in [7, 11) is 1.50. The minimum atomic E-state index is -0.409. The van der Waals surface area contributed by atoms with E-state index in [0.717, 1.165) is 4.90 Å². The molecule has 0 unspecified atom stereocenters. The van der Waals surface area contributed by atoms with Crippen molar-refractivity contribution in [3.63, 3.8) is 0 Å². The van der Waals surface area contributed by atoms with Crippen LogP contribution < -0.4 is 19.7 Å². The number of imide groups is 1. The van der Waals surface area contributed by atoms with Gasteiger partial charge in [-0.05, 0) is 44.2 Å². The minimum Gasteiger partial charge on any atom is -0.490 e. The number of nitrogens with one attached hydrogen (secondary N) is 1. The molecule has 1 aliphatic rings. The number of anilines is 2. The summed E-state index contributed by atoms with van der Waals surface area (Å²) in [6.45, 7) is 4.46. The fourth-order valence-corrected chi connectivity index (χ4v) is 3.48. The van der Waals surface area contributed by atoms with Crippen molar-refractivity contribution in [3.05, 3.63) is 48.0 Å². The third-order valence-corrected chi connectivity index (χ3v) is 4.96. The summed E-state index contributed by atoms with van der Waals surface area (Å²) in [5.41, 5.74) is 1.14. The van der Waals surface area contributed by atoms with E-state index >= 15 is 0 Å². The molecule has 1 saturated heterocycles. The first kappa shape index (κ1) is 23.8. The molecule has 4 amide bonds. The number of carbonyl (C=O) groups excluding carboxylic acids is 4. The number of amides is 4. The summed E-state index contributed by atoms with van der Waals surface area (Å²) in [6, 6.07) is 11.3. The van der Waals surface area contributed by atoms with Crippen LogP contribution in [0.2, 0.25) is 0 Å². The van der Waals surface area contributed by atoms with Crippen LogP contribution in [0.25, 0.3) is 0 Å². The maximum atomic E-state index is 12.8. The second-order valence-corrected chi connectivity index (χ2v) is 7.41. The number of hydrogen-bond acceptors (Lipinski definition) is 6. The van der Waals surface area contributed by atoms with Crippen molar-refractivity contribution in [1.82, 2.24) is 4.90 Å². The zero-order valence-corrected chi connectivity index (χ0v) is 18.9. The number of hydrogen-bond donors (Lipinski definition) is 1. The zero-order chi connectivity index (χ0) is 24.0. The lowest BCUT2D eigenvalue weighted by Gasteiger charge is -2.19. The fraction of sp³-hybridized carbons (Fsp3) is 0.333. The molecule has 0 bridgehead atoms. The minimum absolute atomic E-state index is 0.160. The van der Waals surface area contributed by atoms with Crippen LogP contribution in [-0.2, 0) is 14.4 Å². The van der Waals surface area contributed by atoms with Crippen LogP contribution in [0, 0.1) is 0 Å². The molecule has 1 N–H and O–H groups in total. The first-order valence-corrected chi connectivity index (χ1v) is 10.7. The average molecular weight is 453 g/mol. The summed E-state index contributed by atoms with van der Waals surface area (Å²) < 4.78 is 11.1. The molecule has 0 aliphatic carbocycles. The number of carbonyl (C=O) groups is 4. The molecular formula is C24H27N3O6. The van der Waals surface area contributed by atoms with Gasteiger partial charge in [-0.2, -0.15) is 0 Å². The van der Waals surface area contributed by atoms with Crippen LogP contribution in [0.1, 0.15) is 37.0 Å². The highest BCUT2D eigenvalue weighted by atomic mass is 16.5. The Bertz CT molecular complexity index is 1050. The van der Waals surface area contributed by atoms with E-state index in [-0.39, 0.29) is 36.8 Å². The molecule has 0 spiro atoms. The van der Waals surface area contributed by atoms with Gasteiger partial charge in [0.25, 0.3) is 5.91 Å². The number of benzene rings is 2. The predicted molar refractivity (Wildman–Crippen MR) is 123 cm³/mol. The van der Waals surface area contributed by atoms with E-state index in [0.29, 0.717) is 36.1 Å². The molecule has 2 aromatic carbocycles. The largest absolute Gasteiger partial charge is 0.490 e. The maximum Gasteiger partial charge on any atom is 0.254 e. The van der Waals surface area contributed by atoms with E-state index in [9.17, 15) is 19.2 Å². The van der Waals surface area contributed by atoms with Gasteiger partial charge < -0.3 is 19.7 Å². The van der Waals surface area contributed by atoms with E-state index in [1.165, 1.54) is 18.0 Å². The Labute approximate surface area is 192 Å². The van der Waals surface area contributed by atoms with Crippen LogP contribution in [0.4, 0.5) is 11.4 Å². The summed E-state index contributed by atoms with van der Waals surface area (Å²) in [5.74, 6) is -0.284. The van der Waals surface area contributed by atoms with Crippen LogP contribution >= 0.6 is 0 Å². The molecule has 0 atom stereocenters. The number of likely N-dealkylation sites (N-methyl/N-ethyl adjacent to an activating group) is 1. The number of ether oxygens (including phenoxy) is 2. The smallest absolute Gasteiger partial charge is 0.254 e. The second kappa shape index (κ2) is 10.6. The molecular weight excluding hydrogens is 426 g/mol. The fourth-order valence-electron chi connectivity index (χ4n) is 3.48. The van der Waals surface area contributed by atoms with Gasteiger partial charge >= 0.3 is 0 Å². The Morgan fingerprint density at radius 3 is 2.30 bits per heavy atom. The summed E-state index contributed by atoms with van der Waals surface area (Å²) in [6.07, 6.45) is 0.321. The van der Waals surface area contributed by atoms with Gasteiger partial charge in [-0.15, -0.1) is 0 Å². The van der Waals surface area contributed by atoms with Gasteiger partial charge in [0.1, 0.15) is 0 Å². The van der Waals surface area contributed by atoms with E-state index in [1.807, 2.05) is 13.8 Å². The van der Waals surface area contributed by atoms with Crippen molar-refractivity contribution in [2.45, 2.75) is 26.7 Å². The van der Waals surface area contributed by atoms with Gasteiger partial charge in [0.15, 0.2) is 11.5 Å². The molecule has 1 fully saturated rings. The van der Waals surface area contributed by atoms with Crippen LogP contribution in [0.3, 0.4) is 0 Å². The van der Waals surface area contributed by atoms with Crippen molar-refractivity contribution in [3.8, 4) is 11.5 Å². The monoisotopic (exact) mass is 453 g/mol. The van der Waals surface area contributed by atoms with E-state index < -0.39 is 11.8 Å². The molecule has 1 heterocycles. The SMILES string of the molecule is CCOc1ccc(NC(=O)CN(C)C(=O)c2cccc(N3C(=O)CCC3=O)c2)cc1OCC. The van der Waals surface area contributed by atoms with E-state index in [2.05, 4.69) is 5.32 Å². The molecule has 3 rings (SSSR count). The molecule has 33 heavy (non-hydrogen) atoms. The Balaban J connectivity index is 1.66.